The Morgan fingerprint density at radius 3 is 2.24 bits per heavy atom. The molecule has 2 amide bonds. The average molecular weight is 465 g/mol. The second kappa shape index (κ2) is 8.40. The van der Waals surface area contributed by atoms with Gasteiger partial charge in [-0.05, 0) is 68.4 Å². The van der Waals surface area contributed by atoms with Crippen LogP contribution in [0.4, 0.5) is 0 Å². The van der Waals surface area contributed by atoms with Gasteiger partial charge in [0.05, 0.1) is 11.0 Å². The normalized spacial score (nSPS) is 30.0. The fraction of sp³-hybridized carbons (Fsp3) is 0.615. The van der Waals surface area contributed by atoms with E-state index in [1.54, 1.807) is 19.1 Å². The summed E-state index contributed by atoms with van der Waals surface area (Å²) in [6.07, 6.45) is 7.26. The lowest BCUT2D eigenvalue weighted by molar-refractivity contribution is -0.159. The van der Waals surface area contributed by atoms with Gasteiger partial charge in [0.2, 0.25) is 17.6 Å². The van der Waals surface area contributed by atoms with E-state index in [1.165, 1.54) is 19.3 Å². The van der Waals surface area contributed by atoms with Crippen molar-refractivity contribution in [2.75, 3.05) is 26.2 Å². The van der Waals surface area contributed by atoms with E-state index in [0.29, 0.717) is 55.1 Å². The standard InChI is InChI=1S/C26H32N4O4/c1-17-27-23(28-34-17)16-33-22-5-3-2-4-21(22)24(31)29-6-8-30(9-7-29)25(32)26-13-18-10-19(14-26)12-20(11-18)15-26/h2-5,18-20H,6-16H2,1H3. The first-order valence-corrected chi connectivity index (χ1v) is 12.6. The Balaban J connectivity index is 1.09. The third-order valence-electron chi connectivity index (χ3n) is 8.39. The van der Waals surface area contributed by atoms with Crippen LogP contribution in [0.3, 0.4) is 0 Å². The molecule has 0 spiro atoms. The molecular formula is C26H32N4O4. The minimum absolute atomic E-state index is 0.0678. The predicted molar refractivity (Wildman–Crippen MR) is 123 cm³/mol. The summed E-state index contributed by atoms with van der Waals surface area (Å²) >= 11 is 0. The molecule has 2 aromatic rings. The van der Waals surface area contributed by atoms with Gasteiger partial charge in [-0.1, -0.05) is 17.3 Å². The Morgan fingerprint density at radius 1 is 1.00 bits per heavy atom. The van der Waals surface area contributed by atoms with Crippen molar-refractivity contribution < 1.29 is 18.8 Å². The molecule has 1 saturated heterocycles. The predicted octanol–water partition coefficient (Wildman–Crippen LogP) is 3.46. The molecule has 1 aliphatic heterocycles. The van der Waals surface area contributed by atoms with Crippen LogP contribution in [0.1, 0.15) is 60.6 Å². The summed E-state index contributed by atoms with van der Waals surface area (Å²) in [7, 11) is 0. The van der Waals surface area contributed by atoms with E-state index in [2.05, 4.69) is 10.1 Å². The molecule has 4 aliphatic carbocycles. The lowest BCUT2D eigenvalue weighted by Gasteiger charge is -2.57. The van der Waals surface area contributed by atoms with Gasteiger partial charge in [0, 0.05) is 33.1 Å². The summed E-state index contributed by atoms with van der Waals surface area (Å²) in [6.45, 7) is 4.18. The Hall–Kier alpha value is -2.90. The van der Waals surface area contributed by atoms with Crippen LogP contribution in [0, 0.1) is 30.1 Å². The number of para-hydroxylation sites is 1. The fourth-order valence-corrected chi connectivity index (χ4v) is 7.30. The third-order valence-corrected chi connectivity index (χ3v) is 8.39. The van der Waals surface area contributed by atoms with Crippen LogP contribution < -0.4 is 4.74 Å². The van der Waals surface area contributed by atoms with Crippen molar-refractivity contribution in [1.29, 1.82) is 0 Å². The highest BCUT2D eigenvalue weighted by Gasteiger charge is 2.55. The van der Waals surface area contributed by atoms with E-state index in [1.807, 2.05) is 21.9 Å². The zero-order valence-corrected chi connectivity index (χ0v) is 19.7. The molecule has 4 saturated carbocycles. The van der Waals surface area contributed by atoms with E-state index in [0.717, 1.165) is 37.0 Å². The van der Waals surface area contributed by atoms with Crippen molar-refractivity contribution >= 4 is 11.8 Å². The van der Waals surface area contributed by atoms with Gasteiger partial charge in [0.25, 0.3) is 5.91 Å². The average Bonchev–Trinajstić information content (AvgIpc) is 3.26. The van der Waals surface area contributed by atoms with Gasteiger partial charge in [0.1, 0.15) is 5.75 Å². The molecule has 34 heavy (non-hydrogen) atoms. The summed E-state index contributed by atoms with van der Waals surface area (Å²) in [5, 5.41) is 3.84. The maximum absolute atomic E-state index is 13.7. The molecule has 7 rings (SSSR count). The van der Waals surface area contributed by atoms with Crippen LogP contribution in [0.25, 0.3) is 0 Å². The number of aryl methyl sites for hydroxylation is 1. The number of hydrogen-bond donors (Lipinski definition) is 0. The van der Waals surface area contributed by atoms with Gasteiger partial charge in [0.15, 0.2) is 6.61 Å². The quantitative estimate of drug-likeness (QED) is 0.673. The fourth-order valence-electron chi connectivity index (χ4n) is 7.30. The van der Waals surface area contributed by atoms with Gasteiger partial charge < -0.3 is 19.1 Å². The number of aromatic nitrogens is 2. The highest BCUT2D eigenvalue weighted by Crippen LogP contribution is 2.60. The van der Waals surface area contributed by atoms with Gasteiger partial charge in [-0.3, -0.25) is 9.59 Å². The largest absolute Gasteiger partial charge is 0.485 e. The van der Waals surface area contributed by atoms with Crippen LogP contribution in [0.15, 0.2) is 28.8 Å². The van der Waals surface area contributed by atoms with E-state index >= 15 is 0 Å². The summed E-state index contributed by atoms with van der Waals surface area (Å²) in [5.41, 5.74) is 0.401. The third kappa shape index (κ3) is 3.87. The summed E-state index contributed by atoms with van der Waals surface area (Å²) in [6, 6.07) is 7.25. The Morgan fingerprint density at radius 2 is 1.62 bits per heavy atom. The number of nitrogens with zero attached hydrogens (tertiary/aromatic N) is 4. The monoisotopic (exact) mass is 464 g/mol. The highest BCUT2D eigenvalue weighted by atomic mass is 16.5. The molecule has 0 radical (unpaired) electrons. The smallest absolute Gasteiger partial charge is 0.257 e. The number of ether oxygens (including phenoxy) is 1. The van der Waals surface area contributed by atoms with Crippen LogP contribution in [0.2, 0.25) is 0 Å². The summed E-state index contributed by atoms with van der Waals surface area (Å²) < 4.78 is 10.8. The molecule has 8 nitrogen and oxygen atoms in total. The second-order valence-electron chi connectivity index (χ2n) is 10.8. The zero-order valence-electron chi connectivity index (χ0n) is 19.7. The molecule has 1 aromatic heterocycles. The van der Waals surface area contributed by atoms with Crippen LogP contribution in [-0.4, -0.2) is 57.9 Å². The molecule has 5 aliphatic rings. The molecule has 5 fully saturated rings. The molecule has 180 valence electrons. The first-order chi connectivity index (χ1) is 16.5. The van der Waals surface area contributed by atoms with Gasteiger partial charge >= 0.3 is 0 Å². The lowest BCUT2D eigenvalue weighted by atomic mass is 9.49. The zero-order chi connectivity index (χ0) is 23.3. The van der Waals surface area contributed by atoms with Gasteiger partial charge in [-0.15, -0.1) is 0 Å². The topological polar surface area (TPSA) is 88.8 Å². The maximum Gasteiger partial charge on any atom is 0.257 e. The molecule has 0 atom stereocenters. The van der Waals surface area contributed by atoms with Crippen LogP contribution in [0.5, 0.6) is 5.75 Å². The van der Waals surface area contributed by atoms with Crippen LogP contribution in [-0.2, 0) is 11.4 Å². The Bertz CT molecular complexity index is 1050. The number of carbonyl (C=O) groups excluding carboxylic acids is 2. The Kier molecular flexibility index (Phi) is 5.34. The molecule has 0 N–H and O–H groups in total. The summed E-state index contributed by atoms with van der Waals surface area (Å²) in [5.74, 6) is 3.98. The lowest BCUT2D eigenvalue weighted by Crippen LogP contribution is -2.58. The molecule has 1 aromatic carbocycles. The molecule has 0 unspecified atom stereocenters. The first-order valence-electron chi connectivity index (χ1n) is 12.6. The maximum atomic E-state index is 13.7. The first kappa shape index (κ1) is 21.6. The molecular weight excluding hydrogens is 432 g/mol. The minimum atomic E-state index is -0.116. The van der Waals surface area contributed by atoms with Crippen molar-refractivity contribution in [3.8, 4) is 5.75 Å². The molecule has 8 heteroatoms. The number of benzene rings is 1. The van der Waals surface area contributed by atoms with Crippen molar-refractivity contribution in [1.82, 2.24) is 19.9 Å². The number of carbonyl (C=O) groups is 2. The number of amides is 2. The second-order valence-corrected chi connectivity index (χ2v) is 10.8. The highest BCUT2D eigenvalue weighted by molar-refractivity contribution is 5.97. The number of rotatable bonds is 5. The Labute approximate surface area is 199 Å². The van der Waals surface area contributed by atoms with E-state index in [9.17, 15) is 9.59 Å². The van der Waals surface area contributed by atoms with Crippen molar-refractivity contribution in [2.24, 2.45) is 23.2 Å². The van der Waals surface area contributed by atoms with E-state index < -0.39 is 0 Å². The van der Waals surface area contributed by atoms with Gasteiger partial charge in [-0.2, -0.15) is 4.98 Å². The van der Waals surface area contributed by atoms with Crippen LogP contribution >= 0.6 is 0 Å². The number of hydrogen-bond acceptors (Lipinski definition) is 6. The number of piperazine rings is 1. The molecule has 2 heterocycles. The summed E-state index contributed by atoms with van der Waals surface area (Å²) in [4.78, 5) is 35.0. The minimum Gasteiger partial charge on any atom is -0.485 e. The van der Waals surface area contributed by atoms with Crippen molar-refractivity contribution in [3.05, 3.63) is 41.5 Å². The van der Waals surface area contributed by atoms with Crippen molar-refractivity contribution in [2.45, 2.75) is 52.1 Å². The van der Waals surface area contributed by atoms with Gasteiger partial charge in [-0.25, -0.2) is 0 Å². The molecule has 4 bridgehead atoms. The van der Waals surface area contributed by atoms with Crippen molar-refractivity contribution in [3.63, 3.8) is 0 Å². The van der Waals surface area contributed by atoms with E-state index in [4.69, 9.17) is 9.26 Å². The van der Waals surface area contributed by atoms with E-state index in [-0.39, 0.29) is 17.9 Å². The SMILES string of the molecule is Cc1nc(COc2ccccc2C(=O)N2CCN(C(=O)C34CC5CC(CC(C5)C3)C4)CC2)no1.